The molecule has 0 spiro atoms. The Labute approximate surface area is 91.2 Å². The minimum Gasteiger partial charge on any atom is -0.457 e. The Kier molecular flexibility index (Phi) is 2.44. The molecule has 2 rings (SSSR count). The van der Waals surface area contributed by atoms with Crippen molar-refractivity contribution in [1.29, 1.82) is 0 Å². The van der Waals surface area contributed by atoms with Crippen molar-refractivity contribution < 1.29 is 17.9 Å². The summed E-state index contributed by atoms with van der Waals surface area (Å²) in [4.78, 5) is 11.3. The van der Waals surface area contributed by atoms with Crippen LogP contribution in [0.15, 0.2) is 18.2 Å². The van der Waals surface area contributed by atoms with E-state index < -0.39 is 15.0 Å². The number of fused-ring (bicyclic) bond motifs is 1. The number of cyclic esters (lactones) is 1. The van der Waals surface area contributed by atoms with Gasteiger partial charge in [0, 0.05) is 16.2 Å². The third kappa shape index (κ3) is 2.13. The summed E-state index contributed by atoms with van der Waals surface area (Å²) in [7, 11) is 1.48. The van der Waals surface area contributed by atoms with Crippen molar-refractivity contribution in [3.05, 3.63) is 34.9 Å². The predicted octanol–water partition coefficient (Wildman–Crippen LogP) is 1.43. The van der Waals surface area contributed by atoms with Crippen LogP contribution in [-0.4, -0.2) is 14.4 Å². The molecule has 0 atom stereocenters. The molecule has 80 valence electrons. The summed E-state index contributed by atoms with van der Waals surface area (Å²) in [5.74, 6) is -0.840. The fourth-order valence-corrected chi connectivity index (χ4v) is 2.52. The lowest BCUT2D eigenvalue weighted by Gasteiger charge is -2.02. The van der Waals surface area contributed by atoms with Crippen molar-refractivity contribution in [3.63, 3.8) is 0 Å². The molecule has 6 heteroatoms. The largest absolute Gasteiger partial charge is 0.457 e. The van der Waals surface area contributed by atoms with Crippen LogP contribution in [-0.2, 0) is 26.1 Å². The number of carbonyl (C=O) groups excluding carboxylic acids is 1. The van der Waals surface area contributed by atoms with E-state index in [1.54, 1.807) is 18.2 Å². The van der Waals surface area contributed by atoms with Crippen molar-refractivity contribution in [2.45, 2.75) is 12.4 Å². The highest BCUT2D eigenvalue weighted by atomic mass is 35.7. The average Bonchev–Trinajstić information content (AvgIpc) is 2.46. The van der Waals surface area contributed by atoms with Crippen LogP contribution in [0.25, 0.3) is 0 Å². The summed E-state index contributed by atoms with van der Waals surface area (Å²) < 4.78 is 26.6. The number of carbonyl (C=O) groups is 1. The standard InChI is InChI=1S/C9H7ClO4S/c10-15(12,13)5-7-3-1-2-6-4-14-9(11)8(6)7/h1-3H,4-5H2. The van der Waals surface area contributed by atoms with Crippen LogP contribution in [0.4, 0.5) is 0 Å². The molecule has 0 unspecified atom stereocenters. The molecule has 0 radical (unpaired) electrons. The Morgan fingerprint density at radius 1 is 1.40 bits per heavy atom. The molecular formula is C9H7ClO4S. The molecule has 1 aromatic carbocycles. The Hall–Kier alpha value is -1.07. The van der Waals surface area contributed by atoms with Gasteiger partial charge in [0.1, 0.15) is 6.61 Å². The second-order valence-corrected chi connectivity index (χ2v) is 5.99. The van der Waals surface area contributed by atoms with Crippen LogP contribution < -0.4 is 0 Å². The minimum absolute atomic E-state index is 0.199. The highest BCUT2D eigenvalue weighted by Crippen LogP contribution is 2.25. The van der Waals surface area contributed by atoms with Crippen molar-refractivity contribution in [2.75, 3.05) is 0 Å². The first-order chi connectivity index (χ1) is 6.97. The second-order valence-electron chi connectivity index (χ2n) is 3.21. The van der Waals surface area contributed by atoms with Crippen molar-refractivity contribution in [2.24, 2.45) is 0 Å². The molecule has 0 saturated carbocycles. The number of halogens is 1. The zero-order chi connectivity index (χ0) is 11.1. The molecule has 0 N–H and O–H groups in total. The van der Waals surface area contributed by atoms with E-state index in [0.717, 1.165) is 0 Å². The summed E-state index contributed by atoms with van der Waals surface area (Å²) in [5.41, 5.74) is 1.43. The van der Waals surface area contributed by atoms with E-state index in [4.69, 9.17) is 15.4 Å². The topological polar surface area (TPSA) is 60.4 Å². The van der Waals surface area contributed by atoms with Gasteiger partial charge in [-0.1, -0.05) is 18.2 Å². The molecule has 15 heavy (non-hydrogen) atoms. The third-order valence-corrected chi connectivity index (χ3v) is 3.11. The normalized spacial score (nSPS) is 14.9. The second kappa shape index (κ2) is 3.50. The van der Waals surface area contributed by atoms with Gasteiger partial charge in [0.05, 0.1) is 11.3 Å². The summed E-state index contributed by atoms with van der Waals surface area (Å²) in [6.07, 6.45) is 0. The Balaban J connectivity index is 2.50. The molecule has 0 fully saturated rings. The number of rotatable bonds is 2. The average molecular weight is 247 g/mol. The van der Waals surface area contributed by atoms with Gasteiger partial charge in [0.15, 0.2) is 0 Å². The first kappa shape index (κ1) is 10.4. The first-order valence-corrected chi connectivity index (χ1v) is 6.65. The van der Waals surface area contributed by atoms with Gasteiger partial charge in [-0.15, -0.1) is 0 Å². The zero-order valence-corrected chi connectivity index (χ0v) is 9.14. The van der Waals surface area contributed by atoms with E-state index in [-0.39, 0.29) is 12.4 Å². The molecule has 0 aliphatic carbocycles. The van der Waals surface area contributed by atoms with Crippen LogP contribution in [0.5, 0.6) is 0 Å². The van der Waals surface area contributed by atoms with Crippen molar-refractivity contribution in [1.82, 2.24) is 0 Å². The molecule has 1 heterocycles. The van der Waals surface area contributed by atoms with Crippen LogP contribution >= 0.6 is 10.7 Å². The maximum atomic E-state index is 11.3. The van der Waals surface area contributed by atoms with E-state index in [1.807, 2.05) is 0 Å². The van der Waals surface area contributed by atoms with Gasteiger partial charge >= 0.3 is 5.97 Å². The molecule has 1 aliphatic heterocycles. The molecule has 0 saturated heterocycles. The molecular weight excluding hydrogens is 240 g/mol. The smallest absolute Gasteiger partial charge is 0.339 e. The van der Waals surface area contributed by atoms with Gasteiger partial charge in [-0.25, -0.2) is 13.2 Å². The predicted molar refractivity (Wildman–Crippen MR) is 54.0 cm³/mol. The Morgan fingerprint density at radius 3 is 2.80 bits per heavy atom. The maximum Gasteiger partial charge on any atom is 0.339 e. The summed E-state index contributed by atoms with van der Waals surface area (Å²) in [5, 5.41) is 0. The lowest BCUT2D eigenvalue weighted by atomic mass is 10.0. The SMILES string of the molecule is O=C1OCc2cccc(CS(=O)(=O)Cl)c21. The lowest BCUT2D eigenvalue weighted by molar-refractivity contribution is 0.0534. The molecule has 0 aromatic heterocycles. The molecule has 1 aromatic rings. The van der Waals surface area contributed by atoms with Crippen molar-refractivity contribution >= 4 is 25.7 Å². The molecule has 1 aliphatic rings. The monoisotopic (exact) mass is 246 g/mol. The van der Waals surface area contributed by atoms with Gasteiger partial charge < -0.3 is 4.74 Å². The summed E-state index contributed by atoms with van der Waals surface area (Å²) in [6.45, 7) is 0.199. The fraction of sp³-hybridized carbons (Fsp3) is 0.222. The number of benzene rings is 1. The van der Waals surface area contributed by atoms with Gasteiger partial charge in [-0.2, -0.15) is 0 Å². The number of esters is 1. The van der Waals surface area contributed by atoms with Crippen LogP contribution in [0.2, 0.25) is 0 Å². The van der Waals surface area contributed by atoms with Crippen molar-refractivity contribution in [3.8, 4) is 0 Å². The third-order valence-electron chi connectivity index (χ3n) is 2.13. The fourth-order valence-electron chi connectivity index (χ4n) is 1.56. The summed E-state index contributed by atoms with van der Waals surface area (Å²) in [6, 6.07) is 4.97. The van der Waals surface area contributed by atoms with Crippen LogP contribution in [0.3, 0.4) is 0 Å². The number of ether oxygens (including phenoxy) is 1. The van der Waals surface area contributed by atoms with Gasteiger partial charge in [-0.3, -0.25) is 0 Å². The van der Waals surface area contributed by atoms with E-state index in [1.165, 1.54) is 0 Å². The van der Waals surface area contributed by atoms with Crippen LogP contribution in [0, 0.1) is 0 Å². The molecule has 0 amide bonds. The highest BCUT2D eigenvalue weighted by molar-refractivity contribution is 8.13. The Morgan fingerprint density at radius 2 is 2.13 bits per heavy atom. The highest BCUT2D eigenvalue weighted by Gasteiger charge is 2.25. The van der Waals surface area contributed by atoms with E-state index in [9.17, 15) is 13.2 Å². The number of hydrogen-bond donors (Lipinski definition) is 0. The van der Waals surface area contributed by atoms with Crippen LogP contribution in [0.1, 0.15) is 21.5 Å². The van der Waals surface area contributed by atoms with Gasteiger partial charge in [-0.05, 0) is 5.56 Å². The lowest BCUT2D eigenvalue weighted by Crippen LogP contribution is -2.04. The maximum absolute atomic E-state index is 11.3. The van der Waals surface area contributed by atoms with E-state index in [0.29, 0.717) is 16.7 Å². The molecule has 0 bridgehead atoms. The first-order valence-electron chi connectivity index (χ1n) is 4.17. The Bertz CT molecular complexity index is 521. The zero-order valence-electron chi connectivity index (χ0n) is 7.57. The van der Waals surface area contributed by atoms with E-state index in [2.05, 4.69) is 0 Å². The van der Waals surface area contributed by atoms with E-state index >= 15 is 0 Å². The molecule has 4 nitrogen and oxygen atoms in total. The summed E-state index contributed by atoms with van der Waals surface area (Å²) >= 11 is 0. The minimum atomic E-state index is -3.66. The number of hydrogen-bond acceptors (Lipinski definition) is 4. The van der Waals surface area contributed by atoms with Gasteiger partial charge in [0.2, 0.25) is 9.05 Å². The quantitative estimate of drug-likeness (QED) is 0.585. The van der Waals surface area contributed by atoms with Gasteiger partial charge in [0.25, 0.3) is 0 Å².